The molecule has 0 aromatic heterocycles. The number of rotatable bonds is 4. The maximum absolute atomic E-state index is 10.9. The summed E-state index contributed by atoms with van der Waals surface area (Å²) in [5.74, 6) is -0.692. The van der Waals surface area contributed by atoms with Gasteiger partial charge in [0.05, 0.1) is 15.5 Å². The molecular weight excluding hydrogens is 330 g/mol. The van der Waals surface area contributed by atoms with Crippen LogP contribution in [0, 0.1) is 10.1 Å². The molecule has 0 atom stereocenters. The second-order valence-corrected chi connectivity index (χ2v) is 4.63. The number of nitro benzene ring substituents is 1. The Kier molecular flexibility index (Phi) is 3.99. The Bertz CT molecular complexity index is 686. The van der Waals surface area contributed by atoms with Gasteiger partial charge in [-0.2, -0.15) is 0 Å². The maximum atomic E-state index is 10.9. The van der Waals surface area contributed by atoms with Crippen molar-refractivity contribution in [2.75, 3.05) is 0 Å². The fourth-order valence-corrected chi connectivity index (χ4v) is 1.93. The molecule has 0 aliphatic carbocycles. The third kappa shape index (κ3) is 2.94. The van der Waals surface area contributed by atoms with Gasteiger partial charge in [-0.1, -0.05) is 12.1 Å². The predicted molar refractivity (Wildman–Crippen MR) is 74.3 cm³/mol. The molecule has 2 rings (SSSR count). The highest BCUT2D eigenvalue weighted by Crippen LogP contribution is 2.32. The van der Waals surface area contributed by atoms with E-state index >= 15 is 0 Å². The number of ether oxygens (including phenoxy) is 1. The smallest absolute Gasteiger partial charge is 0.342 e. The van der Waals surface area contributed by atoms with Gasteiger partial charge in [0.25, 0.3) is 5.69 Å². The second kappa shape index (κ2) is 5.70. The summed E-state index contributed by atoms with van der Waals surface area (Å²) in [5.41, 5.74) is -0.892. The molecule has 0 fully saturated rings. The Labute approximate surface area is 121 Å². The Hall–Kier alpha value is -2.41. The monoisotopic (exact) mass is 337 g/mol. The fourth-order valence-electron chi connectivity index (χ4n) is 1.56. The number of benzene rings is 2. The van der Waals surface area contributed by atoms with Crippen LogP contribution in [0.3, 0.4) is 0 Å². The van der Waals surface area contributed by atoms with Gasteiger partial charge in [0.2, 0.25) is 0 Å². The Morgan fingerprint density at radius 2 is 1.95 bits per heavy atom. The van der Waals surface area contributed by atoms with Crippen LogP contribution in [-0.4, -0.2) is 16.0 Å². The molecular formula is C13H8BrNO5. The molecule has 20 heavy (non-hydrogen) atoms. The summed E-state index contributed by atoms with van der Waals surface area (Å²) in [6, 6.07) is 10.6. The van der Waals surface area contributed by atoms with E-state index in [0.717, 1.165) is 12.1 Å². The van der Waals surface area contributed by atoms with Crippen molar-refractivity contribution in [3.63, 3.8) is 0 Å². The van der Waals surface area contributed by atoms with Gasteiger partial charge in [-0.25, -0.2) is 4.79 Å². The lowest BCUT2D eigenvalue weighted by molar-refractivity contribution is -0.385. The number of carbonyl (C=O) groups is 1. The minimum Gasteiger partial charge on any atom is -0.477 e. The molecule has 7 heteroatoms. The standard InChI is InChI=1S/C13H8BrNO5/c14-10-3-1-2-4-12(10)20-8-5-6-9(13(16)17)11(7-8)15(18)19/h1-7H,(H,16,17). The Morgan fingerprint density at radius 3 is 2.55 bits per heavy atom. The summed E-state index contributed by atoms with van der Waals surface area (Å²) < 4.78 is 6.18. The second-order valence-electron chi connectivity index (χ2n) is 3.77. The van der Waals surface area contributed by atoms with Crippen molar-refractivity contribution in [3.8, 4) is 11.5 Å². The summed E-state index contributed by atoms with van der Waals surface area (Å²) in [7, 11) is 0. The summed E-state index contributed by atoms with van der Waals surface area (Å²) >= 11 is 3.29. The predicted octanol–water partition coefficient (Wildman–Crippen LogP) is 3.85. The molecule has 0 spiro atoms. The van der Waals surface area contributed by atoms with Gasteiger partial charge in [-0.05, 0) is 40.2 Å². The van der Waals surface area contributed by atoms with Crippen molar-refractivity contribution in [1.29, 1.82) is 0 Å². The van der Waals surface area contributed by atoms with Gasteiger partial charge in [0.1, 0.15) is 17.1 Å². The summed E-state index contributed by atoms with van der Waals surface area (Å²) in [4.78, 5) is 21.0. The van der Waals surface area contributed by atoms with Crippen LogP contribution in [0.5, 0.6) is 11.5 Å². The molecule has 102 valence electrons. The van der Waals surface area contributed by atoms with Crippen LogP contribution < -0.4 is 4.74 Å². The lowest BCUT2D eigenvalue weighted by Crippen LogP contribution is -2.02. The van der Waals surface area contributed by atoms with E-state index in [4.69, 9.17) is 9.84 Å². The highest BCUT2D eigenvalue weighted by atomic mass is 79.9. The first kappa shape index (κ1) is 14.0. The zero-order chi connectivity index (χ0) is 14.7. The number of carboxylic acid groups (broad SMARTS) is 1. The number of aromatic carboxylic acids is 1. The molecule has 0 unspecified atom stereocenters. The van der Waals surface area contributed by atoms with Crippen LogP contribution >= 0.6 is 15.9 Å². The van der Waals surface area contributed by atoms with Crippen molar-refractivity contribution >= 4 is 27.6 Å². The van der Waals surface area contributed by atoms with E-state index in [1.54, 1.807) is 24.3 Å². The summed E-state index contributed by atoms with van der Waals surface area (Å²) in [6.45, 7) is 0. The molecule has 0 saturated heterocycles. The lowest BCUT2D eigenvalue weighted by Gasteiger charge is -2.08. The van der Waals surface area contributed by atoms with Crippen molar-refractivity contribution in [1.82, 2.24) is 0 Å². The van der Waals surface area contributed by atoms with E-state index in [1.165, 1.54) is 6.07 Å². The molecule has 0 heterocycles. The van der Waals surface area contributed by atoms with Gasteiger partial charge in [-0.15, -0.1) is 0 Å². The zero-order valence-electron chi connectivity index (χ0n) is 9.95. The van der Waals surface area contributed by atoms with Crippen molar-refractivity contribution in [2.24, 2.45) is 0 Å². The largest absolute Gasteiger partial charge is 0.477 e. The maximum Gasteiger partial charge on any atom is 0.342 e. The highest BCUT2D eigenvalue weighted by Gasteiger charge is 2.20. The summed E-state index contributed by atoms with van der Waals surface area (Å²) in [5, 5.41) is 19.8. The van der Waals surface area contributed by atoms with Crippen LogP contribution in [0.4, 0.5) is 5.69 Å². The quantitative estimate of drug-likeness (QED) is 0.676. The van der Waals surface area contributed by atoms with E-state index in [0.29, 0.717) is 10.2 Å². The number of nitrogens with zero attached hydrogens (tertiary/aromatic N) is 1. The van der Waals surface area contributed by atoms with Gasteiger partial charge in [-0.3, -0.25) is 10.1 Å². The number of nitro groups is 1. The van der Waals surface area contributed by atoms with E-state index in [1.807, 2.05) is 0 Å². The average Bonchev–Trinajstić information content (AvgIpc) is 2.41. The van der Waals surface area contributed by atoms with Gasteiger partial charge >= 0.3 is 5.97 Å². The number of halogens is 1. The van der Waals surface area contributed by atoms with E-state index in [2.05, 4.69) is 15.9 Å². The number of para-hydroxylation sites is 1. The Morgan fingerprint density at radius 1 is 1.25 bits per heavy atom. The number of hydrogen-bond acceptors (Lipinski definition) is 4. The lowest BCUT2D eigenvalue weighted by atomic mass is 10.2. The topological polar surface area (TPSA) is 89.7 Å². The van der Waals surface area contributed by atoms with Crippen LogP contribution in [0.15, 0.2) is 46.9 Å². The molecule has 1 N–H and O–H groups in total. The molecule has 2 aromatic rings. The first-order chi connectivity index (χ1) is 9.49. The van der Waals surface area contributed by atoms with Crippen molar-refractivity contribution in [3.05, 3.63) is 62.6 Å². The van der Waals surface area contributed by atoms with Crippen LogP contribution in [0.1, 0.15) is 10.4 Å². The van der Waals surface area contributed by atoms with Crippen LogP contribution in [0.25, 0.3) is 0 Å². The first-order valence-electron chi connectivity index (χ1n) is 5.43. The van der Waals surface area contributed by atoms with E-state index in [9.17, 15) is 14.9 Å². The van der Waals surface area contributed by atoms with E-state index < -0.39 is 16.6 Å². The molecule has 0 saturated carbocycles. The minimum atomic E-state index is -1.36. The first-order valence-corrected chi connectivity index (χ1v) is 6.22. The van der Waals surface area contributed by atoms with Gasteiger partial charge < -0.3 is 9.84 Å². The molecule has 6 nitrogen and oxygen atoms in total. The Balaban J connectivity index is 2.40. The molecule has 0 aliphatic rings. The molecule has 0 amide bonds. The van der Waals surface area contributed by atoms with Crippen LogP contribution in [-0.2, 0) is 0 Å². The normalized spacial score (nSPS) is 10.1. The summed E-state index contributed by atoms with van der Waals surface area (Å²) in [6.07, 6.45) is 0. The molecule has 0 radical (unpaired) electrons. The molecule has 2 aromatic carbocycles. The minimum absolute atomic E-state index is 0.189. The number of carboxylic acids is 1. The third-order valence-electron chi connectivity index (χ3n) is 2.46. The fraction of sp³-hybridized carbons (Fsp3) is 0. The highest BCUT2D eigenvalue weighted by molar-refractivity contribution is 9.10. The van der Waals surface area contributed by atoms with E-state index in [-0.39, 0.29) is 11.3 Å². The van der Waals surface area contributed by atoms with Crippen molar-refractivity contribution < 1.29 is 19.6 Å². The van der Waals surface area contributed by atoms with Crippen molar-refractivity contribution in [2.45, 2.75) is 0 Å². The SMILES string of the molecule is O=C(O)c1ccc(Oc2ccccc2Br)cc1[N+](=O)[O-]. The third-order valence-corrected chi connectivity index (χ3v) is 3.12. The molecule has 0 aliphatic heterocycles. The van der Waals surface area contributed by atoms with Gasteiger partial charge in [0.15, 0.2) is 0 Å². The number of hydrogen-bond donors (Lipinski definition) is 1. The zero-order valence-corrected chi connectivity index (χ0v) is 11.5. The van der Waals surface area contributed by atoms with Gasteiger partial charge in [0, 0.05) is 0 Å². The molecule has 0 bridgehead atoms. The average molecular weight is 338 g/mol. The van der Waals surface area contributed by atoms with Crippen LogP contribution in [0.2, 0.25) is 0 Å².